The van der Waals surface area contributed by atoms with E-state index in [2.05, 4.69) is 5.32 Å². The lowest BCUT2D eigenvalue weighted by molar-refractivity contribution is -0.156. The molecule has 1 unspecified atom stereocenters. The number of benzene rings is 1. The van der Waals surface area contributed by atoms with Gasteiger partial charge in [-0.1, -0.05) is 91.6 Å². The van der Waals surface area contributed by atoms with Crippen LogP contribution >= 0.6 is 11.8 Å². The maximum atomic E-state index is 14.8. The van der Waals surface area contributed by atoms with E-state index in [-0.39, 0.29) is 84.1 Å². The highest BCUT2D eigenvalue weighted by Gasteiger charge is 2.45. The predicted octanol–water partition coefficient (Wildman–Crippen LogP) is 4.74. The molecule has 69 heavy (non-hydrogen) atoms. The second-order valence-corrected chi connectivity index (χ2v) is 20.7. The van der Waals surface area contributed by atoms with E-state index in [1.807, 2.05) is 53.9 Å². The number of thioether (sulfide) groups is 1. The number of unbranched alkanes of at least 4 members (excludes halogenated alkanes) is 2. The summed E-state index contributed by atoms with van der Waals surface area (Å²) in [5, 5.41) is 12.3. The Kier molecular flexibility index (Phi) is 23.6. The summed E-state index contributed by atoms with van der Waals surface area (Å²) in [6.07, 6.45) is 4.36. The van der Waals surface area contributed by atoms with Gasteiger partial charge in [0, 0.05) is 67.7 Å². The third kappa shape index (κ3) is 15.2. The summed E-state index contributed by atoms with van der Waals surface area (Å²) in [5.74, 6) is -4.70. The molecule has 2 heterocycles. The lowest BCUT2D eigenvalue weighted by Crippen LogP contribution is -2.60. The number of aliphatic carboxylic acids is 1. The van der Waals surface area contributed by atoms with Crippen LogP contribution in [0.25, 0.3) is 0 Å². The van der Waals surface area contributed by atoms with Crippen molar-refractivity contribution < 1.29 is 52.9 Å². The number of methoxy groups -OCH3 is 2. The van der Waals surface area contributed by atoms with Crippen LogP contribution < -0.4 is 5.32 Å². The van der Waals surface area contributed by atoms with Crippen molar-refractivity contribution in [2.75, 3.05) is 54.7 Å². The standard InChI is InChI=1S/C51H82N6O11S/c1-14-33(6)45(38(67-11)29-41(59)56-27-21-24-37(56)46(68-12)34(7)47(61)52-36(51(65)66)28-35-22-17-15-18-23-35)55(10)50(64)44(32(4)5)54(9)49(63)43(31(2)3)53(8)40(58)25-19-16-20-26-57-42(60)30-39(69-13)48(57)62/h15,17-18,22-23,31-34,36-39,43-46H,14,16,19-21,24-30H2,1-13H3,(H,52,61)(H,65,66)/t33-,34+,36-,37-,38+,39?,43-,44-,45-,46+/m0/s1. The fourth-order valence-electron chi connectivity index (χ4n) is 10.1. The molecule has 7 amide bonds. The third-order valence-electron chi connectivity index (χ3n) is 14.3. The van der Waals surface area contributed by atoms with Crippen LogP contribution in [0.3, 0.4) is 0 Å². The van der Waals surface area contributed by atoms with Crippen molar-refractivity contribution >= 4 is 59.1 Å². The molecule has 2 N–H and O–H groups in total. The molecule has 0 aromatic heterocycles. The molecule has 2 aliphatic heterocycles. The first-order chi connectivity index (χ1) is 32.6. The molecule has 0 bridgehead atoms. The second-order valence-electron chi connectivity index (χ2n) is 19.6. The summed E-state index contributed by atoms with van der Waals surface area (Å²) in [6, 6.07) is 5.05. The van der Waals surface area contributed by atoms with E-state index >= 15 is 0 Å². The number of carbonyl (C=O) groups is 8. The van der Waals surface area contributed by atoms with Gasteiger partial charge in [0.2, 0.25) is 41.4 Å². The van der Waals surface area contributed by atoms with Gasteiger partial charge in [0.15, 0.2) is 0 Å². The summed E-state index contributed by atoms with van der Waals surface area (Å²) >= 11 is 1.37. The monoisotopic (exact) mass is 987 g/mol. The van der Waals surface area contributed by atoms with Gasteiger partial charge in [0.25, 0.3) is 0 Å². The lowest BCUT2D eigenvalue weighted by Gasteiger charge is -2.43. The summed E-state index contributed by atoms with van der Waals surface area (Å²) < 4.78 is 12.0. The third-order valence-corrected chi connectivity index (χ3v) is 15.2. The van der Waals surface area contributed by atoms with Crippen molar-refractivity contribution in [3.05, 3.63) is 35.9 Å². The van der Waals surface area contributed by atoms with E-state index in [1.54, 1.807) is 62.1 Å². The Morgan fingerprint density at radius 1 is 0.855 bits per heavy atom. The number of hydrogen-bond acceptors (Lipinski definition) is 11. The van der Waals surface area contributed by atoms with E-state index in [4.69, 9.17) is 9.47 Å². The fraction of sp³-hybridized carbons (Fsp3) is 0.725. The number of ether oxygens (including phenoxy) is 2. The number of hydrogen-bond donors (Lipinski definition) is 2. The molecular formula is C51H82N6O11S. The molecule has 1 aromatic carbocycles. The number of carboxylic acid groups (broad SMARTS) is 1. The second kappa shape index (κ2) is 27.7. The fourth-order valence-corrected chi connectivity index (χ4v) is 10.8. The topological polar surface area (TPSA) is 203 Å². The minimum absolute atomic E-state index is 0.0781. The summed E-state index contributed by atoms with van der Waals surface area (Å²) in [4.78, 5) is 115. The molecule has 2 aliphatic rings. The number of imide groups is 1. The average Bonchev–Trinajstić information content (AvgIpc) is 3.91. The van der Waals surface area contributed by atoms with Crippen LogP contribution in [0.15, 0.2) is 30.3 Å². The van der Waals surface area contributed by atoms with Crippen molar-refractivity contribution in [1.29, 1.82) is 0 Å². The minimum Gasteiger partial charge on any atom is -0.480 e. The normalized spacial score (nSPS) is 19.7. The van der Waals surface area contributed by atoms with Crippen molar-refractivity contribution in [3.8, 4) is 0 Å². The number of amides is 7. The van der Waals surface area contributed by atoms with Crippen molar-refractivity contribution in [2.45, 2.75) is 160 Å². The van der Waals surface area contributed by atoms with Crippen LogP contribution in [0.4, 0.5) is 0 Å². The molecule has 388 valence electrons. The van der Waals surface area contributed by atoms with Gasteiger partial charge in [-0.2, -0.15) is 11.8 Å². The SMILES string of the molecule is CC[C@H](C)[C@@H]([C@@H](CC(=O)N1CCC[C@H]1[C@H](OC)[C@@H](C)C(=O)N[C@@H](Cc1ccccc1)C(=O)O)OC)N(C)C(=O)[C@H](C(C)C)N(C)C(=O)[C@H](C(C)C)N(C)C(=O)CCCCCN1C(=O)CC(SC)C1=O. The largest absolute Gasteiger partial charge is 0.480 e. The maximum absolute atomic E-state index is 14.8. The Balaban J connectivity index is 1.73. The highest BCUT2D eigenvalue weighted by molar-refractivity contribution is 8.00. The number of nitrogens with one attached hydrogen (secondary N) is 1. The number of likely N-dealkylation sites (N-methyl/N-ethyl adjacent to an activating group) is 3. The first kappa shape index (κ1) is 58.8. The Bertz CT molecular complexity index is 1900. The number of carboxylic acids is 1. The van der Waals surface area contributed by atoms with Crippen LogP contribution in [0.1, 0.15) is 112 Å². The van der Waals surface area contributed by atoms with E-state index in [0.717, 1.165) is 5.56 Å². The van der Waals surface area contributed by atoms with E-state index < -0.39 is 60.2 Å². The molecule has 0 spiro atoms. The molecule has 17 nitrogen and oxygen atoms in total. The number of rotatable bonds is 28. The Labute approximate surface area is 415 Å². The molecular weight excluding hydrogens is 905 g/mol. The van der Waals surface area contributed by atoms with Crippen molar-refractivity contribution in [1.82, 2.24) is 29.8 Å². The van der Waals surface area contributed by atoms with E-state index in [9.17, 15) is 43.5 Å². The smallest absolute Gasteiger partial charge is 0.326 e. The number of carbonyl (C=O) groups excluding carboxylic acids is 7. The zero-order chi connectivity index (χ0) is 51.9. The lowest BCUT2D eigenvalue weighted by atomic mass is 9.89. The van der Waals surface area contributed by atoms with Crippen LogP contribution in [0, 0.1) is 23.7 Å². The van der Waals surface area contributed by atoms with Crippen LogP contribution in [0.5, 0.6) is 0 Å². The van der Waals surface area contributed by atoms with Gasteiger partial charge in [0.1, 0.15) is 18.1 Å². The van der Waals surface area contributed by atoms with Gasteiger partial charge >= 0.3 is 5.97 Å². The molecule has 3 rings (SSSR count). The summed E-state index contributed by atoms with van der Waals surface area (Å²) in [7, 11) is 7.87. The molecule has 1 aromatic rings. The highest BCUT2D eigenvalue weighted by atomic mass is 32.2. The number of nitrogens with zero attached hydrogens (tertiary/aromatic N) is 5. The van der Waals surface area contributed by atoms with Gasteiger partial charge in [-0.15, -0.1) is 0 Å². The van der Waals surface area contributed by atoms with Crippen LogP contribution in [-0.4, -0.2) is 179 Å². The highest BCUT2D eigenvalue weighted by Crippen LogP contribution is 2.31. The molecule has 18 heteroatoms. The Hall–Kier alpha value is -4.55. The molecule has 2 fully saturated rings. The first-order valence-electron chi connectivity index (χ1n) is 24.7. The quantitative estimate of drug-likeness (QED) is 0.0865. The molecule has 10 atom stereocenters. The molecule has 0 saturated carbocycles. The van der Waals surface area contributed by atoms with Gasteiger partial charge in [-0.05, 0) is 55.3 Å². The summed E-state index contributed by atoms with van der Waals surface area (Å²) in [5.41, 5.74) is 0.764. The Morgan fingerprint density at radius 3 is 2.00 bits per heavy atom. The van der Waals surface area contributed by atoms with Gasteiger partial charge < -0.3 is 39.5 Å². The van der Waals surface area contributed by atoms with Crippen molar-refractivity contribution in [2.24, 2.45) is 23.7 Å². The van der Waals surface area contributed by atoms with Gasteiger partial charge in [0.05, 0.1) is 41.9 Å². The van der Waals surface area contributed by atoms with Gasteiger partial charge in [-0.25, -0.2) is 4.79 Å². The molecule has 0 aliphatic carbocycles. The Morgan fingerprint density at radius 2 is 1.46 bits per heavy atom. The van der Waals surface area contributed by atoms with Crippen LogP contribution in [0.2, 0.25) is 0 Å². The van der Waals surface area contributed by atoms with E-state index in [0.29, 0.717) is 51.6 Å². The zero-order valence-corrected chi connectivity index (χ0v) is 44.3. The minimum atomic E-state index is -1.16. The number of likely N-dealkylation sites (tertiary alicyclic amines) is 2. The molecule has 0 radical (unpaired) electrons. The van der Waals surface area contributed by atoms with Crippen LogP contribution in [-0.2, 0) is 54.3 Å². The van der Waals surface area contributed by atoms with E-state index in [1.165, 1.54) is 40.7 Å². The predicted molar refractivity (Wildman–Crippen MR) is 266 cm³/mol. The zero-order valence-electron chi connectivity index (χ0n) is 43.5. The maximum Gasteiger partial charge on any atom is 0.326 e. The molecule has 2 saturated heterocycles. The van der Waals surface area contributed by atoms with Crippen molar-refractivity contribution in [3.63, 3.8) is 0 Å². The van der Waals surface area contributed by atoms with Gasteiger partial charge in [-0.3, -0.25) is 38.5 Å². The average molecular weight is 987 g/mol. The first-order valence-corrected chi connectivity index (χ1v) is 25.9. The summed E-state index contributed by atoms with van der Waals surface area (Å²) in [6.45, 7) is 13.9.